The average molecular weight is 299 g/mol. The predicted molar refractivity (Wildman–Crippen MR) is 63.5 cm³/mol. The van der Waals surface area contributed by atoms with Crippen molar-refractivity contribution in [2.45, 2.75) is 12.6 Å². The second-order valence-electron chi connectivity index (χ2n) is 3.63. The van der Waals surface area contributed by atoms with Crippen LogP contribution in [0, 0.1) is 0 Å². The number of nitrogens with one attached hydrogen (secondary N) is 1. The van der Waals surface area contributed by atoms with E-state index < -0.39 is 18.5 Å². The van der Waals surface area contributed by atoms with E-state index in [1.54, 1.807) is 0 Å². The van der Waals surface area contributed by atoms with Gasteiger partial charge in [0.05, 0.1) is 11.4 Å². The summed E-state index contributed by atoms with van der Waals surface area (Å²) < 4.78 is 46.0. The van der Waals surface area contributed by atoms with Crippen molar-refractivity contribution < 1.29 is 27.4 Å². The molecule has 3 N–H and O–H groups in total. The zero-order valence-corrected chi connectivity index (χ0v) is 10.2. The van der Waals surface area contributed by atoms with Gasteiger partial charge in [-0.3, -0.25) is 4.79 Å². The molecule has 0 unspecified atom stereocenters. The van der Waals surface area contributed by atoms with Crippen molar-refractivity contribution in [3.05, 3.63) is 12.1 Å². The number of anilines is 2. The summed E-state index contributed by atoms with van der Waals surface area (Å²) >= 11 is 0. The molecule has 1 heterocycles. The second kappa shape index (κ2) is 5.43. The lowest BCUT2D eigenvalue weighted by Gasteiger charge is -2.10. The highest BCUT2D eigenvalue weighted by Gasteiger charge is 2.31. The molecule has 19 heavy (non-hydrogen) atoms. The minimum atomic E-state index is -4.56. The number of fused-ring (bicyclic) bond motifs is 1. The number of carbonyl (C=O) groups is 1. The average Bonchev–Trinajstić information content (AvgIpc) is 2.62. The lowest BCUT2D eigenvalue weighted by molar-refractivity contribution is -0.150. The van der Waals surface area contributed by atoms with Crippen molar-refractivity contribution in [2.24, 2.45) is 0 Å². The fourth-order valence-corrected chi connectivity index (χ4v) is 1.44. The van der Waals surface area contributed by atoms with Crippen LogP contribution >= 0.6 is 12.4 Å². The predicted octanol–water partition coefficient (Wildman–Crippen LogP) is 2.31. The number of nitrogen functional groups attached to an aromatic ring is 1. The number of hydrogen-bond acceptors (Lipinski definition) is 4. The van der Waals surface area contributed by atoms with E-state index in [9.17, 15) is 18.0 Å². The normalized spacial score (nSPS) is 12.8. The third-order valence-corrected chi connectivity index (χ3v) is 2.18. The van der Waals surface area contributed by atoms with Crippen LogP contribution in [0.2, 0.25) is 0 Å². The van der Waals surface area contributed by atoms with Crippen molar-refractivity contribution in [1.82, 2.24) is 0 Å². The first kappa shape index (κ1) is 15.2. The summed E-state index contributed by atoms with van der Waals surface area (Å²) in [6.45, 7) is 0.00865. The van der Waals surface area contributed by atoms with Crippen LogP contribution in [0.25, 0.3) is 0 Å². The molecule has 0 bridgehead atoms. The fourth-order valence-electron chi connectivity index (χ4n) is 1.44. The van der Waals surface area contributed by atoms with Crippen LogP contribution in [0.4, 0.5) is 24.5 Å². The van der Waals surface area contributed by atoms with Crippen LogP contribution in [0.5, 0.6) is 11.5 Å². The maximum atomic E-state index is 12.0. The van der Waals surface area contributed by atoms with E-state index in [2.05, 4.69) is 5.32 Å². The van der Waals surface area contributed by atoms with E-state index in [1.165, 1.54) is 12.1 Å². The number of alkyl halides is 3. The third-order valence-electron chi connectivity index (χ3n) is 2.18. The molecular weight excluding hydrogens is 289 g/mol. The Morgan fingerprint density at radius 1 is 1.32 bits per heavy atom. The molecule has 9 heteroatoms. The van der Waals surface area contributed by atoms with Gasteiger partial charge in [0.2, 0.25) is 12.7 Å². The van der Waals surface area contributed by atoms with E-state index in [1.807, 2.05) is 0 Å². The summed E-state index contributed by atoms with van der Waals surface area (Å²) in [7, 11) is 0. The minimum Gasteiger partial charge on any atom is -0.454 e. The van der Waals surface area contributed by atoms with Crippen molar-refractivity contribution in [3.63, 3.8) is 0 Å². The smallest absolute Gasteiger partial charge is 0.397 e. The van der Waals surface area contributed by atoms with Crippen LogP contribution in [-0.2, 0) is 4.79 Å². The summed E-state index contributed by atoms with van der Waals surface area (Å²) in [6.07, 6.45) is -6.13. The largest absolute Gasteiger partial charge is 0.454 e. The topological polar surface area (TPSA) is 73.6 Å². The van der Waals surface area contributed by atoms with Crippen molar-refractivity contribution in [2.75, 3.05) is 17.8 Å². The Labute approximate surface area is 112 Å². The summed E-state index contributed by atoms with van der Waals surface area (Å²) in [5, 5.41) is 2.08. The summed E-state index contributed by atoms with van der Waals surface area (Å²) in [5.41, 5.74) is 5.74. The van der Waals surface area contributed by atoms with Crippen molar-refractivity contribution >= 4 is 29.7 Å². The fraction of sp³-hybridized carbons (Fsp3) is 0.300. The van der Waals surface area contributed by atoms with Crippen LogP contribution in [0.1, 0.15) is 6.42 Å². The molecule has 0 aromatic heterocycles. The number of halogens is 4. The number of rotatable bonds is 2. The van der Waals surface area contributed by atoms with Gasteiger partial charge < -0.3 is 20.5 Å². The van der Waals surface area contributed by atoms with E-state index in [-0.39, 0.29) is 30.6 Å². The van der Waals surface area contributed by atoms with Crippen molar-refractivity contribution in [1.29, 1.82) is 0 Å². The van der Waals surface area contributed by atoms with Gasteiger partial charge in [0, 0.05) is 12.1 Å². The SMILES string of the molecule is Cl.Nc1cc2c(cc1NC(=O)CC(F)(F)F)OCO2. The molecule has 1 amide bonds. The summed E-state index contributed by atoms with van der Waals surface area (Å²) in [5.74, 6) is -0.471. The van der Waals surface area contributed by atoms with Crippen LogP contribution in [0.15, 0.2) is 12.1 Å². The number of carbonyl (C=O) groups excluding carboxylic acids is 1. The molecule has 5 nitrogen and oxygen atoms in total. The Hall–Kier alpha value is -1.83. The van der Waals surface area contributed by atoms with E-state index in [0.29, 0.717) is 11.5 Å². The molecule has 0 radical (unpaired) electrons. The van der Waals surface area contributed by atoms with Gasteiger partial charge in [-0.1, -0.05) is 0 Å². The van der Waals surface area contributed by atoms with Crippen molar-refractivity contribution in [3.8, 4) is 11.5 Å². The Morgan fingerprint density at radius 2 is 1.89 bits per heavy atom. The molecule has 0 saturated heterocycles. The van der Waals surface area contributed by atoms with Crippen LogP contribution < -0.4 is 20.5 Å². The zero-order valence-electron chi connectivity index (χ0n) is 9.41. The van der Waals surface area contributed by atoms with E-state index in [4.69, 9.17) is 15.2 Å². The van der Waals surface area contributed by atoms with Gasteiger partial charge in [0.1, 0.15) is 6.42 Å². The van der Waals surface area contributed by atoms with Gasteiger partial charge in [-0.2, -0.15) is 13.2 Å². The highest BCUT2D eigenvalue weighted by Crippen LogP contribution is 2.38. The lowest BCUT2D eigenvalue weighted by Crippen LogP contribution is -2.21. The number of hydrogen-bond donors (Lipinski definition) is 2. The molecule has 1 aliphatic rings. The Morgan fingerprint density at radius 3 is 2.47 bits per heavy atom. The van der Waals surface area contributed by atoms with E-state index >= 15 is 0 Å². The highest BCUT2D eigenvalue weighted by molar-refractivity contribution is 5.95. The molecule has 0 saturated carbocycles. The molecule has 1 aliphatic heterocycles. The molecule has 0 atom stereocenters. The quantitative estimate of drug-likeness (QED) is 0.822. The lowest BCUT2D eigenvalue weighted by atomic mass is 10.2. The number of nitrogens with two attached hydrogens (primary N) is 1. The van der Waals surface area contributed by atoms with Gasteiger partial charge in [0.15, 0.2) is 11.5 Å². The molecule has 106 valence electrons. The summed E-state index contributed by atoms with van der Waals surface area (Å²) in [4.78, 5) is 11.1. The minimum absolute atomic E-state index is 0. The molecule has 0 spiro atoms. The van der Waals surface area contributed by atoms with E-state index in [0.717, 1.165) is 0 Å². The first-order valence-electron chi connectivity index (χ1n) is 4.91. The van der Waals surface area contributed by atoms with Gasteiger partial charge in [0.25, 0.3) is 0 Å². The van der Waals surface area contributed by atoms with Gasteiger partial charge in [-0.25, -0.2) is 0 Å². The second-order valence-corrected chi connectivity index (χ2v) is 3.63. The Bertz CT molecular complexity index is 494. The van der Waals surface area contributed by atoms with Gasteiger partial charge in [-0.15, -0.1) is 12.4 Å². The highest BCUT2D eigenvalue weighted by atomic mass is 35.5. The maximum absolute atomic E-state index is 12.0. The van der Waals surface area contributed by atoms with Crippen LogP contribution in [0.3, 0.4) is 0 Å². The summed E-state index contributed by atoms with van der Waals surface area (Å²) in [6, 6.07) is 2.71. The Balaban J connectivity index is 0.00000180. The molecular formula is C10H10ClF3N2O3. The molecule has 1 aromatic rings. The number of amides is 1. The zero-order chi connectivity index (χ0) is 13.3. The first-order chi connectivity index (χ1) is 8.35. The number of benzene rings is 1. The monoisotopic (exact) mass is 298 g/mol. The van der Waals surface area contributed by atoms with Gasteiger partial charge in [-0.05, 0) is 0 Å². The van der Waals surface area contributed by atoms with Crippen LogP contribution in [-0.4, -0.2) is 18.9 Å². The Kier molecular flexibility index (Phi) is 4.35. The number of ether oxygens (including phenoxy) is 2. The molecule has 1 aromatic carbocycles. The third kappa shape index (κ3) is 3.82. The maximum Gasteiger partial charge on any atom is 0.397 e. The standard InChI is InChI=1S/C10H9F3N2O3.ClH/c11-10(12,13)3-9(16)15-6-2-8-7(1-5(6)14)17-4-18-8;/h1-2H,3-4,14H2,(H,15,16);1H. The van der Waals surface area contributed by atoms with Gasteiger partial charge >= 0.3 is 6.18 Å². The molecule has 0 fully saturated rings. The first-order valence-corrected chi connectivity index (χ1v) is 4.91. The molecule has 2 rings (SSSR count). The molecule has 0 aliphatic carbocycles.